The Morgan fingerprint density at radius 1 is 1.35 bits per heavy atom. The molecule has 2 rings (SSSR count). The molecule has 8 heteroatoms. The molecule has 1 unspecified atom stereocenters. The van der Waals surface area contributed by atoms with Crippen LogP contribution < -0.4 is 20.1 Å². The Bertz CT molecular complexity index is 495. The lowest BCUT2D eigenvalue weighted by molar-refractivity contribution is -0.128. The van der Waals surface area contributed by atoms with Gasteiger partial charge in [0.25, 0.3) is 5.91 Å². The molecule has 1 atom stereocenters. The number of carbonyl (C=O) groups is 1. The predicted octanol–water partition coefficient (Wildman–Crippen LogP) is 1.07. The summed E-state index contributed by atoms with van der Waals surface area (Å²) in [6.07, 6.45) is -0.478. The Morgan fingerprint density at radius 3 is 2.83 bits per heavy atom. The van der Waals surface area contributed by atoms with Crippen LogP contribution >= 0.6 is 12.4 Å². The Kier molecular flexibility index (Phi) is 8.71. The van der Waals surface area contributed by atoms with Crippen molar-refractivity contribution in [2.24, 2.45) is 0 Å². The summed E-state index contributed by atoms with van der Waals surface area (Å²) >= 11 is 0. The van der Waals surface area contributed by atoms with Gasteiger partial charge in [-0.3, -0.25) is 4.79 Å². The van der Waals surface area contributed by atoms with E-state index in [0.717, 1.165) is 6.54 Å². The molecule has 1 aliphatic heterocycles. The van der Waals surface area contributed by atoms with Crippen LogP contribution in [0.2, 0.25) is 0 Å². The quantitative estimate of drug-likeness (QED) is 0.719. The Labute approximate surface area is 142 Å². The highest BCUT2D eigenvalue weighted by Gasteiger charge is 2.22. The molecule has 1 amide bonds. The maximum absolute atomic E-state index is 12.1. The monoisotopic (exact) mass is 346 g/mol. The van der Waals surface area contributed by atoms with Gasteiger partial charge in [-0.1, -0.05) is 0 Å². The molecule has 1 saturated heterocycles. The molecular formula is C15H23ClN2O5. The van der Waals surface area contributed by atoms with Gasteiger partial charge in [0, 0.05) is 32.0 Å². The van der Waals surface area contributed by atoms with E-state index in [2.05, 4.69) is 10.6 Å². The molecule has 1 aliphatic rings. The van der Waals surface area contributed by atoms with E-state index in [1.54, 1.807) is 32.4 Å². The molecule has 0 saturated carbocycles. The largest absolute Gasteiger partial charge is 0.493 e. The minimum absolute atomic E-state index is 0. The predicted molar refractivity (Wildman–Crippen MR) is 88.9 cm³/mol. The van der Waals surface area contributed by atoms with Crippen molar-refractivity contribution in [1.29, 1.82) is 0 Å². The lowest BCUT2D eigenvalue weighted by Crippen LogP contribution is -2.45. The lowest BCUT2D eigenvalue weighted by atomic mass is 10.2. The third-order valence-corrected chi connectivity index (χ3v) is 3.20. The van der Waals surface area contributed by atoms with E-state index in [1.807, 2.05) is 0 Å². The SMILES string of the molecule is COCCOc1cc(NC(=O)C2CNCCO2)ccc1OC.Cl. The van der Waals surface area contributed by atoms with Gasteiger partial charge < -0.3 is 29.6 Å². The van der Waals surface area contributed by atoms with E-state index in [1.165, 1.54) is 0 Å². The average Bonchev–Trinajstić information content (AvgIpc) is 2.56. The molecule has 7 nitrogen and oxygen atoms in total. The Morgan fingerprint density at radius 2 is 2.17 bits per heavy atom. The van der Waals surface area contributed by atoms with Crippen molar-refractivity contribution >= 4 is 24.0 Å². The standard InChI is InChI=1S/C15H22N2O5.ClH/c1-19-7-8-22-13-9-11(3-4-12(13)20-2)17-15(18)14-10-16-5-6-21-14;/h3-4,9,14,16H,5-8,10H2,1-2H3,(H,17,18);1H. The van der Waals surface area contributed by atoms with Gasteiger partial charge in [-0.05, 0) is 12.1 Å². The molecule has 1 fully saturated rings. The summed E-state index contributed by atoms with van der Waals surface area (Å²) in [5.74, 6) is 0.977. The Hall–Kier alpha value is -1.54. The zero-order valence-electron chi connectivity index (χ0n) is 13.3. The second-order valence-electron chi connectivity index (χ2n) is 4.76. The summed E-state index contributed by atoms with van der Waals surface area (Å²) < 4.78 is 21.2. The number of methoxy groups -OCH3 is 2. The molecular weight excluding hydrogens is 324 g/mol. The van der Waals surface area contributed by atoms with Crippen molar-refractivity contribution in [3.05, 3.63) is 18.2 Å². The van der Waals surface area contributed by atoms with Crippen molar-refractivity contribution in [2.45, 2.75) is 6.10 Å². The number of hydrogen-bond acceptors (Lipinski definition) is 6. The van der Waals surface area contributed by atoms with Crippen LogP contribution in [0.25, 0.3) is 0 Å². The van der Waals surface area contributed by atoms with Crippen LogP contribution in [0.5, 0.6) is 11.5 Å². The highest BCUT2D eigenvalue weighted by Crippen LogP contribution is 2.30. The van der Waals surface area contributed by atoms with Crippen LogP contribution in [0, 0.1) is 0 Å². The minimum atomic E-state index is -0.478. The average molecular weight is 347 g/mol. The van der Waals surface area contributed by atoms with Crippen molar-refractivity contribution in [2.75, 3.05) is 52.4 Å². The van der Waals surface area contributed by atoms with Gasteiger partial charge in [0.05, 0.1) is 20.3 Å². The second kappa shape index (κ2) is 10.3. The van der Waals surface area contributed by atoms with Gasteiger partial charge in [0.15, 0.2) is 11.5 Å². The zero-order valence-corrected chi connectivity index (χ0v) is 14.1. The van der Waals surface area contributed by atoms with Crippen LogP contribution in [0.1, 0.15) is 0 Å². The maximum Gasteiger partial charge on any atom is 0.254 e. The summed E-state index contributed by atoms with van der Waals surface area (Å²) in [6.45, 7) is 2.69. The van der Waals surface area contributed by atoms with Gasteiger partial charge in [-0.15, -0.1) is 12.4 Å². The fourth-order valence-corrected chi connectivity index (χ4v) is 2.06. The molecule has 130 valence electrons. The first-order chi connectivity index (χ1) is 10.7. The summed E-state index contributed by atoms with van der Waals surface area (Å²) in [6, 6.07) is 5.23. The number of hydrogen-bond donors (Lipinski definition) is 2. The highest BCUT2D eigenvalue weighted by atomic mass is 35.5. The number of carbonyl (C=O) groups excluding carboxylic acids is 1. The maximum atomic E-state index is 12.1. The van der Waals surface area contributed by atoms with Gasteiger partial charge in [-0.25, -0.2) is 0 Å². The number of halogens is 1. The first-order valence-electron chi connectivity index (χ1n) is 7.17. The van der Waals surface area contributed by atoms with Crippen LogP contribution in [0.15, 0.2) is 18.2 Å². The Balaban J connectivity index is 0.00000264. The van der Waals surface area contributed by atoms with Gasteiger partial charge in [-0.2, -0.15) is 0 Å². The number of benzene rings is 1. The molecule has 2 N–H and O–H groups in total. The molecule has 0 bridgehead atoms. The summed E-state index contributed by atoms with van der Waals surface area (Å²) in [4.78, 5) is 12.1. The lowest BCUT2D eigenvalue weighted by Gasteiger charge is -2.23. The normalized spacial score (nSPS) is 17.0. The van der Waals surface area contributed by atoms with E-state index in [0.29, 0.717) is 43.6 Å². The first kappa shape index (κ1) is 19.5. The van der Waals surface area contributed by atoms with E-state index < -0.39 is 6.10 Å². The number of ether oxygens (including phenoxy) is 4. The van der Waals surface area contributed by atoms with Crippen molar-refractivity contribution in [1.82, 2.24) is 5.32 Å². The van der Waals surface area contributed by atoms with E-state index in [4.69, 9.17) is 18.9 Å². The number of anilines is 1. The molecule has 1 aromatic carbocycles. The fraction of sp³-hybridized carbons (Fsp3) is 0.533. The van der Waals surface area contributed by atoms with Gasteiger partial charge in [0.1, 0.15) is 12.7 Å². The molecule has 23 heavy (non-hydrogen) atoms. The minimum Gasteiger partial charge on any atom is -0.493 e. The third-order valence-electron chi connectivity index (χ3n) is 3.20. The number of nitrogens with one attached hydrogen (secondary N) is 2. The van der Waals surface area contributed by atoms with Crippen molar-refractivity contribution < 1.29 is 23.7 Å². The number of rotatable bonds is 7. The molecule has 0 spiro atoms. The molecule has 0 radical (unpaired) electrons. The van der Waals surface area contributed by atoms with Crippen LogP contribution in [0.4, 0.5) is 5.69 Å². The fourth-order valence-electron chi connectivity index (χ4n) is 2.06. The van der Waals surface area contributed by atoms with Crippen LogP contribution in [-0.2, 0) is 14.3 Å². The summed E-state index contributed by atoms with van der Waals surface area (Å²) in [5, 5.41) is 5.94. The molecule has 1 heterocycles. The number of morpholine rings is 1. The summed E-state index contributed by atoms with van der Waals surface area (Å²) in [5.41, 5.74) is 0.632. The van der Waals surface area contributed by atoms with Gasteiger partial charge in [0.2, 0.25) is 0 Å². The summed E-state index contributed by atoms with van der Waals surface area (Å²) in [7, 11) is 3.17. The van der Waals surface area contributed by atoms with Crippen LogP contribution in [-0.4, -0.2) is 59.1 Å². The molecule has 1 aromatic rings. The first-order valence-corrected chi connectivity index (χ1v) is 7.17. The molecule has 0 aliphatic carbocycles. The van der Waals surface area contributed by atoms with Crippen molar-refractivity contribution in [3.63, 3.8) is 0 Å². The van der Waals surface area contributed by atoms with Gasteiger partial charge >= 0.3 is 0 Å². The van der Waals surface area contributed by atoms with E-state index >= 15 is 0 Å². The molecule has 0 aromatic heterocycles. The highest BCUT2D eigenvalue weighted by molar-refractivity contribution is 5.94. The van der Waals surface area contributed by atoms with E-state index in [-0.39, 0.29) is 18.3 Å². The van der Waals surface area contributed by atoms with Crippen molar-refractivity contribution in [3.8, 4) is 11.5 Å². The second-order valence-corrected chi connectivity index (χ2v) is 4.76. The third kappa shape index (κ3) is 5.87. The van der Waals surface area contributed by atoms with E-state index in [9.17, 15) is 4.79 Å². The smallest absolute Gasteiger partial charge is 0.254 e. The topological polar surface area (TPSA) is 78.1 Å². The zero-order chi connectivity index (χ0) is 15.8. The number of amides is 1. The van der Waals surface area contributed by atoms with Crippen LogP contribution in [0.3, 0.4) is 0 Å².